The van der Waals surface area contributed by atoms with Crippen LogP contribution >= 0.6 is 15.9 Å². The maximum atomic E-state index is 10.7. The van der Waals surface area contributed by atoms with Gasteiger partial charge < -0.3 is 15.0 Å². The SMILES string of the molecule is CCCCc1nc2cnc3cc(Br)ccc3c2n1CCNC(=O)O. The lowest BCUT2D eigenvalue weighted by Crippen LogP contribution is -2.25. The molecule has 1 amide bonds. The Morgan fingerprint density at radius 1 is 1.38 bits per heavy atom. The van der Waals surface area contributed by atoms with Crippen LogP contribution in [0.15, 0.2) is 28.9 Å². The van der Waals surface area contributed by atoms with E-state index in [2.05, 4.69) is 37.7 Å². The van der Waals surface area contributed by atoms with Gasteiger partial charge in [-0.05, 0) is 24.6 Å². The van der Waals surface area contributed by atoms with Crippen molar-refractivity contribution in [3.63, 3.8) is 0 Å². The number of amides is 1. The van der Waals surface area contributed by atoms with Gasteiger partial charge in [-0.2, -0.15) is 0 Å². The van der Waals surface area contributed by atoms with Crippen LogP contribution in [0.4, 0.5) is 4.79 Å². The molecule has 1 aromatic carbocycles. The minimum atomic E-state index is -1.01. The van der Waals surface area contributed by atoms with E-state index in [-0.39, 0.29) is 0 Å². The minimum absolute atomic E-state index is 0.347. The molecular weight excluding hydrogens is 372 g/mol. The van der Waals surface area contributed by atoms with E-state index in [1.165, 1.54) is 0 Å². The molecule has 126 valence electrons. The number of nitrogens with one attached hydrogen (secondary N) is 1. The summed E-state index contributed by atoms with van der Waals surface area (Å²) in [4.78, 5) is 20.0. The zero-order valence-electron chi connectivity index (χ0n) is 13.4. The van der Waals surface area contributed by atoms with E-state index in [1.807, 2.05) is 18.2 Å². The summed E-state index contributed by atoms with van der Waals surface area (Å²) in [5.41, 5.74) is 2.77. The summed E-state index contributed by atoms with van der Waals surface area (Å²) in [6.45, 7) is 3.05. The molecule has 0 saturated heterocycles. The molecule has 2 heterocycles. The van der Waals surface area contributed by atoms with Crippen LogP contribution in [0.1, 0.15) is 25.6 Å². The number of rotatable bonds is 6. The summed E-state index contributed by atoms with van der Waals surface area (Å²) in [7, 11) is 0. The second kappa shape index (κ2) is 7.17. The summed E-state index contributed by atoms with van der Waals surface area (Å²) < 4.78 is 3.10. The molecule has 24 heavy (non-hydrogen) atoms. The molecule has 0 fully saturated rings. The standard InChI is InChI=1S/C17H19BrN4O2/c1-2-3-4-15-21-14-10-20-13-9-11(18)5-6-12(13)16(14)22(15)8-7-19-17(23)24/h5-6,9-10,19H,2-4,7-8H2,1H3,(H,23,24). The number of fused-ring (bicyclic) bond motifs is 3. The molecule has 0 radical (unpaired) electrons. The third-order valence-electron chi connectivity index (χ3n) is 3.98. The van der Waals surface area contributed by atoms with E-state index >= 15 is 0 Å². The summed E-state index contributed by atoms with van der Waals surface area (Å²) >= 11 is 3.47. The third kappa shape index (κ3) is 3.36. The molecular formula is C17H19BrN4O2. The van der Waals surface area contributed by atoms with Crippen molar-refractivity contribution < 1.29 is 9.90 Å². The first-order valence-corrected chi connectivity index (χ1v) is 8.79. The first-order valence-electron chi connectivity index (χ1n) is 8.00. The van der Waals surface area contributed by atoms with Gasteiger partial charge in [0.15, 0.2) is 0 Å². The van der Waals surface area contributed by atoms with Crippen LogP contribution < -0.4 is 5.32 Å². The van der Waals surface area contributed by atoms with Gasteiger partial charge in [0.2, 0.25) is 0 Å². The van der Waals surface area contributed by atoms with Crippen LogP contribution in [0.2, 0.25) is 0 Å². The lowest BCUT2D eigenvalue weighted by atomic mass is 10.2. The van der Waals surface area contributed by atoms with Crippen molar-refractivity contribution >= 4 is 44.0 Å². The van der Waals surface area contributed by atoms with E-state index in [1.54, 1.807) is 6.20 Å². The van der Waals surface area contributed by atoms with Crippen molar-refractivity contribution in [2.45, 2.75) is 32.7 Å². The topological polar surface area (TPSA) is 80.0 Å². The summed E-state index contributed by atoms with van der Waals surface area (Å²) in [5.74, 6) is 0.983. The van der Waals surface area contributed by atoms with Crippen LogP contribution in [0.25, 0.3) is 21.9 Å². The first-order chi connectivity index (χ1) is 11.6. The van der Waals surface area contributed by atoms with Crippen LogP contribution in [-0.4, -0.2) is 32.3 Å². The highest BCUT2D eigenvalue weighted by atomic mass is 79.9. The number of pyridine rings is 1. The molecule has 0 spiro atoms. The molecule has 3 rings (SSSR count). The van der Waals surface area contributed by atoms with E-state index in [4.69, 9.17) is 10.1 Å². The number of carbonyl (C=O) groups is 1. The summed E-state index contributed by atoms with van der Waals surface area (Å²) in [6.07, 6.45) is 3.79. The minimum Gasteiger partial charge on any atom is -0.465 e. The fraction of sp³-hybridized carbons (Fsp3) is 0.353. The number of carboxylic acid groups (broad SMARTS) is 1. The van der Waals surface area contributed by atoms with Crippen molar-refractivity contribution in [1.82, 2.24) is 19.9 Å². The van der Waals surface area contributed by atoms with Gasteiger partial charge in [-0.3, -0.25) is 4.98 Å². The average Bonchev–Trinajstić information content (AvgIpc) is 2.90. The zero-order valence-corrected chi connectivity index (χ0v) is 15.0. The molecule has 0 bridgehead atoms. The summed E-state index contributed by atoms with van der Waals surface area (Å²) in [6, 6.07) is 6.00. The molecule has 3 aromatic rings. The molecule has 6 nitrogen and oxygen atoms in total. The van der Waals surface area contributed by atoms with Crippen LogP contribution in [0.3, 0.4) is 0 Å². The molecule has 7 heteroatoms. The normalized spacial score (nSPS) is 11.2. The maximum Gasteiger partial charge on any atom is 0.404 e. The predicted molar refractivity (Wildman–Crippen MR) is 97.4 cm³/mol. The Morgan fingerprint density at radius 2 is 2.21 bits per heavy atom. The number of hydrogen-bond donors (Lipinski definition) is 2. The Morgan fingerprint density at radius 3 is 2.96 bits per heavy atom. The lowest BCUT2D eigenvalue weighted by molar-refractivity contribution is 0.194. The fourth-order valence-corrected chi connectivity index (χ4v) is 3.23. The summed E-state index contributed by atoms with van der Waals surface area (Å²) in [5, 5.41) is 12.3. The molecule has 0 unspecified atom stereocenters. The van der Waals surface area contributed by atoms with Crippen molar-refractivity contribution in [1.29, 1.82) is 0 Å². The van der Waals surface area contributed by atoms with Gasteiger partial charge in [0.25, 0.3) is 0 Å². The van der Waals surface area contributed by atoms with Gasteiger partial charge in [0.05, 0.1) is 17.2 Å². The fourth-order valence-electron chi connectivity index (χ4n) is 2.88. The van der Waals surface area contributed by atoms with Gasteiger partial charge >= 0.3 is 6.09 Å². The average molecular weight is 391 g/mol. The number of aromatic nitrogens is 3. The molecule has 2 N–H and O–H groups in total. The smallest absolute Gasteiger partial charge is 0.404 e. The van der Waals surface area contributed by atoms with Crippen LogP contribution in [0.5, 0.6) is 0 Å². The van der Waals surface area contributed by atoms with Gasteiger partial charge in [-0.1, -0.05) is 29.3 Å². The van der Waals surface area contributed by atoms with E-state index in [0.29, 0.717) is 13.1 Å². The number of benzene rings is 1. The zero-order chi connectivity index (χ0) is 17.1. The highest BCUT2D eigenvalue weighted by Gasteiger charge is 2.14. The van der Waals surface area contributed by atoms with Crippen molar-refractivity contribution in [2.24, 2.45) is 0 Å². The maximum absolute atomic E-state index is 10.7. The van der Waals surface area contributed by atoms with Gasteiger partial charge in [0, 0.05) is 29.4 Å². The van der Waals surface area contributed by atoms with Crippen molar-refractivity contribution in [3.05, 3.63) is 34.7 Å². The molecule has 0 saturated carbocycles. The third-order valence-corrected chi connectivity index (χ3v) is 4.47. The van der Waals surface area contributed by atoms with Crippen molar-refractivity contribution in [3.8, 4) is 0 Å². The molecule has 2 aromatic heterocycles. The second-order valence-electron chi connectivity index (χ2n) is 5.67. The number of aryl methyl sites for hydroxylation is 1. The highest BCUT2D eigenvalue weighted by Crippen LogP contribution is 2.27. The Kier molecular flexibility index (Phi) is 4.99. The van der Waals surface area contributed by atoms with Crippen molar-refractivity contribution in [2.75, 3.05) is 6.54 Å². The van der Waals surface area contributed by atoms with E-state index in [0.717, 1.165) is 51.5 Å². The number of nitrogens with zero attached hydrogens (tertiary/aromatic N) is 3. The Balaban J connectivity index is 2.11. The van der Waals surface area contributed by atoms with E-state index in [9.17, 15) is 4.79 Å². The quantitative estimate of drug-likeness (QED) is 0.667. The predicted octanol–water partition coefficient (Wildman–Crippen LogP) is 3.96. The largest absolute Gasteiger partial charge is 0.465 e. The van der Waals surface area contributed by atoms with E-state index < -0.39 is 6.09 Å². The van der Waals surface area contributed by atoms with Gasteiger partial charge in [-0.15, -0.1) is 0 Å². The molecule has 0 atom stereocenters. The number of hydrogen-bond acceptors (Lipinski definition) is 3. The Hall–Kier alpha value is -2.15. The van der Waals surface area contributed by atoms with Crippen LogP contribution in [0, 0.1) is 0 Å². The lowest BCUT2D eigenvalue weighted by Gasteiger charge is -2.10. The van der Waals surface area contributed by atoms with Crippen LogP contribution in [-0.2, 0) is 13.0 Å². The number of imidazole rings is 1. The molecule has 0 aliphatic carbocycles. The Bertz CT molecular complexity index is 891. The molecule has 0 aliphatic rings. The Labute approximate surface area is 148 Å². The number of halogens is 1. The van der Waals surface area contributed by atoms with Gasteiger partial charge in [-0.25, -0.2) is 9.78 Å². The molecule has 0 aliphatic heterocycles. The second-order valence-corrected chi connectivity index (χ2v) is 6.58. The highest BCUT2D eigenvalue weighted by molar-refractivity contribution is 9.10. The monoisotopic (exact) mass is 390 g/mol. The number of unbranched alkanes of at least 4 members (excludes halogenated alkanes) is 1. The first kappa shape index (κ1) is 16.7. The van der Waals surface area contributed by atoms with Gasteiger partial charge in [0.1, 0.15) is 11.3 Å².